The van der Waals surface area contributed by atoms with Crippen LogP contribution in [0.5, 0.6) is 0 Å². The van der Waals surface area contributed by atoms with E-state index in [0.717, 1.165) is 24.4 Å². The first-order valence-corrected chi connectivity index (χ1v) is 6.20. The number of anilines is 1. The van der Waals surface area contributed by atoms with Crippen LogP contribution >= 0.6 is 0 Å². The highest BCUT2D eigenvalue weighted by Crippen LogP contribution is 2.16. The fourth-order valence-corrected chi connectivity index (χ4v) is 1.89. The number of benzene rings is 1. The van der Waals surface area contributed by atoms with Crippen molar-refractivity contribution in [1.29, 1.82) is 0 Å². The molecule has 0 fully saturated rings. The van der Waals surface area contributed by atoms with E-state index in [9.17, 15) is 4.39 Å². The molecule has 2 rings (SSSR count). The molecule has 0 amide bonds. The number of hydrogen-bond acceptors (Lipinski definition) is 2. The van der Waals surface area contributed by atoms with E-state index in [1.807, 2.05) is 19.2 Å². The standard InChI is InChI=1S/C14H18FN3/c1-3-7-18-8-6-16-14(18)10-17-13-5-4-11(2)9-12(13)15/h4-6,8-9,17H,3,7,10H2,1-2H3. The third kappa shape index (κ3) is 2.88. The second-order valence-electron chi connectivity index (χ2n) is 4.37. The molecule has 0 atom stereocenters. The topological polar surface area (TPSA) is 29.9 Å². The third-order valence-corrected chi connectivity index (χ3v) is 2.83. The lowest BCUT2D eigenvalue weighted by Crippen LogP contribution is -2.09. The van der Waals surface area contributed by atoms with Gasteiger partial charge in [0.1, 0.15) is 11.6 Å². The molecule has 1 N–H and O–H groups in total. The summed E-state index contributed by atoms with van der Waals surface area (Å²) in [6.45, 7) is 5.47. The molecule has 1 aromatic heterocycles. The van der Waals surface area contributed by atoms with E-state index < -0.39 is 0 Å². The van der Waals surface area contributed by atoms with Gasteiger partial charge in [-0.25, -0.2) is 9.37 Å². The van der Waals surface area contributed by atoms with Crippen molar-refractivity contribution in [2.45, 2.75) is 33.4 Å². The molecule has 0 radical (unpaired) electrons. The van der Waals surface area contributed by atoms with Gasteiger partial charge in [-0.1, -0.05) is 13.0 Å². The van der Waals surface area contributed by atoms with Crippen LogP contribution < -0.4 is 5.32 Å². The molecule has 1 heterocycles. The molecule has 0 spiro atoms. The van der Waals surface area contributed by atoms with Crippen molar-refractivity contribution in [2.24, 2.45) is 0 Å². The smallest absolute Gasteiger partial charge is 0.146 e. The molecular weight excluding hydrogens is 229 g/mol. The number of aromatic nitrogens is 2. The van der Waals surface area contributed by atoms with Crippen LogP contribution in [0.3, 0.4) is 0 Å². The maximum atomic E-state index is 13.6. The van der Waals surface area contributed by atoms with E-state index in [-0.39, 0.29) is 5.82 Å². The Morgan fingerprint density at radius 3 is 2.94 bits per heavy atom. The first kappa shape index (κ1) is 12.6. The molecule has 3 nitrogen and oxygen atoms in total. The number of aryl methyl sites for hydroxylation is 2. The van der Waals surface area contributed by atoms with Gasteiger partial charge in [0, 0.05) is 18.9 Å². The normalized spacial score (nSPS) is 10.6. The van der Waals surface area contributed by atoms with Crippen molar-refractivity contribution < 1.29 is 4.39 Å². The lowest BCUT2D eigenvalue weighted by atomic mass is 10.2. The Kier molecular flexibility index (Phi) is 3.97. The van der Waals surface area contributed by atoms with E-state index in [1.54, 1.807) is 12.3 Å². The molecule has 18 heavy (non-hydrogen) atoms. The minimum absolute atomic E-state index is 0.219. The van der Waals surface area contributed by atoms with Crippen molar-refractivity contribution in [3.8, 4) is 0 Å². The average molecular weight is 247 g/mol. The summed E-state index contributed by atoms with van der Waals surface area (Å²) >= 11 is 0. The molecule has 4 heteroatoms. The van der Waals surface area contributed by atoms with Crippen LogP contribution in [0.15, 0.2) is 30.6 Å². The SMILES string of the molecule is CCCn1ccnc1CNc1ccc(C)cc1F. The van der Waals surface area contributed by atoms with Crippen LogP contribution in [-0.2, 0) is 13.1 Å². The van der Waals surface area contributed by atoms with Crippen LogP contribution in [0.2, 0.25) is 0 Å². The van der Waals surface area contributed by atoms with E-state index in [4.69, 9.17) is 0 Å². The largest absolute Gasteiger partial charge is 0.375 e. The Balaban J connectivity index is 2.04. The van der Waals surface area contributed by atoms with Gasteiger partial charge < -0.3 is 9.88 Å². The molecule has 0 saturated heterocycles. The molecule has 1 aromatic carbocycles. The first-order valence-electron chi connectivity index (χ1n) is 6.20. The van der Waals surface area contributed by atoms with Crippen molar-refractivity contribution in [1.82, 2.24) is 9.55 Å². The summed E-state index contributed by atoms with van der Waals surface area (Å²) in [6, 6.07) is 5.18. The van der Waals surface area contributed by atoms with E-state index >= 15 is 0 Å². The highest BCUT2D eigenvalue weighted by atomic mass is 19.1. The monoisotopic (exact) mass is 247 g/mol. The lowest BCUT2D eigenvalue weighted by molar-refractivity contribution is 0.624. The number of hydrogen-bond donors (Lipinski definition) is 1. The first-order chi connectivity index (χ1) is 8.70. The summed E-state index contributed by atoms with van der Waals surface area (Å²) in [6.07, 6.45) is 4.78. The number of halogens is 1. The molecule has 96 valence electrons. The molecule has 0 bridgehead atoms. The quantitative estimate of drug-likeness (QED) is 0.878. The molecule has 2 aromatic rings. The van der Waals surface area contributed by atoms with Gasteiger partial charge >= 0.3 is 0 Å². The molecule has 0 saturated carbocycles. The Bertz CT molecular complexity index is 520. The van der Waals surface area contributed by atoms with E-state index in [2.05, 4.69) is 21.8 Å². The van der Waals surface area contributed by atoms with Crippen LogP contribution in [0.1, 0.15) is 24.7 Å². The van der Waals surface area contributed by atoms with Gasteiger partial charge in [0.15, 0.2) is 0 Å². The van der Waals surface area contributed by atoms with Gasteiger partial charge in [-0.2, -0.15) is 0 Å². The summed E-state index contributed by atoms with van der Waals surface area (Å²) < 4.78 is 15.7. The zero-order valence-electron chi connectivity index (χ0n) is 10.8. The van der Waals surface area contributed by atoms with E-state index in [1.165, 1.54) is 6.07 Å². The summed E-state index contributed by atoms with van der Waals surface area (Å²) in [7, 11) is 0. The number of nitrogens with one attached hydrogen (secondary N) is 1. The van der Waals surface area contributed by atoms with Gasteiger partial charge in [0.2, 0.25) is 0 Å². The number of rotatable bonds is 5. The Morgan fingerprint density at radius 2 is 2.22 bits per heavy atom. The zero-order chi connectivity index (χ0) is 13.0. The number of nitrogens with zero attached hydrogens (tertiary/aromatic N) is 2. The fraction of sp³-hybridized carbons (Fsp3) is 0.357. The zero-order valence-corrected chi connectivity index (χ0v) is 10.8. The Morgan fingerprint density at radius 1 is 1.39 bits per heavy atom. The molecule has 0 unspecified atom stereocenters. The summed E-state index contributed by atoms with van der Waals surface area (Å²) in [5, 5.41) is 3.08. The van der Waals surface area contributed by atoms with Gasteiger partial charge in [-0.05, 0) is 31.0 Å². The second kappa shape index (κ2) is 5.67. The predicted molar refractivity (Wildman–Crippen MR) is 71.0 cm³/mol. The maximum absolute atomic E-state index is 13.6. The highest BCUT2D eigenvalue weighted by Gasteiger charge is 2.05. The third-order valence-electron chi connectivity index (χ3n) is 2.83. The molecule has 0 aliphatic carbocycles. The minimum atomic E-state index is -0.219. The van der Waals surface area contributed by atoms with Gasteiger partial charge in [-0.3, -0.25) is 0 Å². The van der Waals surface area contributed by atoms with Crippen molar-refractivity contribution in [3.05, 3.63) is 47.8 Å². The van der Waals surface area contributed by atoms with Crippen molar-refractivity contribution in [2.75, 3.05) is 5.32 Å². The Labute approximate surface area is 107 Å². The van der Waals surface area contributed by atoms with Crippen LogP contribution in [0.25, 0.3) is 0 Å². The predicted octanol–water partition coefficient (Wildman–Crippen LogP) is 3.35. The lowest BCUT2D eigenvalue weighted by Gasteiger charge is -2.10. The molecule has 0 aliphatic rings. The maximum Gasteiger partial charge on any atom is 0.146 e. The highest BCUT2D eigenvalue weighted by molar-refractivity contribution is 5.46. The van der Waals surface area contributed by atoms with Crippen molar-refractivity contribution in [3.63, 3.8) is 0 Å². The van der Waals surface area contributed by atoms with E-state index in [0.29, 0.717) is 12.2 Å². The fourth-order valence-electron chi connectivity index (χ4n) is 1.89. The van der Waals surface area contributed by atoms with Crippen LogP contribution in [0, 0.1) is 12.7 Å². The molecular formula is C14H18FN3. The van der Waals surface area contributed by atoms with Crippen LogP contribution in [-0.4, -0.2) is 9.55 Å². The van der Waals surface area contributed by atoms with Gasteiger partial charge in [-0.15, -0.1) is 0 Å². The van der Waals surface area contributed by atoms with Crippen molar-refractivity contribution >= 4 is 5.69 Å². The second-order valence-corrected chi connectivity index (χ2v) is 4.37. The Hall–Kier alpha value is -1.84. The average Bonchev–Trinajstić information content (AvgIpc) is 2.76. The number of imidazole rings is 1. The molecule has 0 aliphatic heterocycles. The van der Waals surface area contributed by atoms with Gasteiger partial charge in [0.05, 0.1) is 12.2 Å². The van der Waals surface area contributed by atoms with Gasteiger partial charge in [0.25, 0.3) is 0 Å². The summed E-state index contributed by atoms with van der Waals surface area (Å²) in [5.41, 5.74) is 1.44. The van der Waals surface area contributed by atoms with Crippen LogP contribution in [0.4, 0.5) is 10.1 Å². The summed E-state index contributed by atoms with van der Waals surface area (Å²) in [5.74, 6) is 0.709. The summed E-state index contributed by atoms with van der Waals surface area (Å²) in [4.78, 5) is 4.28. The minimum Gasteiger partial charge on any atom is -0.375 e.